The first-order valence-electron chi connectivity index (χ1n) is 7.57. The van der Waals surface area contributed by atoms with Gasteiger partial charge in [0.1, 0.15) is 11.5 Å². The lowest BCUT2D eigenvalue weighted by Gasteiger charge is -2.22. The molecule has 124 valence electrons. The number of nitrogens with two attached hydrogens (primary N) is 1. The van der Waals surface area contributed by atoms with Crippen molar-refractivity contribution in [2.45, 2.75) is 12.5 Å². The van der Waals surface area contributed by atoms with Gasteiger partial charge in [0.15, 0.2) is 5.11 Å². The Morgan fingerprint density at radius 3 is 2.46 bits per heavy atom. The molecular formula is C18H19N3O2S. The molecule has 0 amide bonds. The molecule has 2 aromatic carbocycles. The lowest BCUT2D eigenvalue weighted by Crippen LogP contribution is -2.31. The van der Waals surface area contributed by atoms with E-state index < -0.39 is 0 Å². The lowest BCUT2D eigenvalue weighted by atomic mass is 9.98. The Kier molecular flexibility index (Phi) is 4.66. The Hall–Kier alpha value is -2.60. The van der Waals surface area contributed by atoms with Crippen LogP contribution in [0.2, 0.25) is 0 Å². The zero-order valence-corrected chi connectivity index (χ0v) is 14.4. The first-order chi connectivity index (χ1) is 11.6. The molecule has 1 unspecified atom stereocenters. The highest BCUT2D eigenvalue weighted by Gasteiger charge is 2.30. The smallest absolute Gasteiger partial charge is 0.187 e. The summed E-state index contributed by atoms with van der Waals surface area (Å²) in [7, 11) is 3.30. The molecule has 2 N–H and O–H groups in total. The number of rotatable bonds is 4. The molecule has 1 aliphatic rings. The van der Waals surface area contributed by atoms with Crippen LogP contribution in [0.15, 0.2) is 53.6 Å². The number of methoxy groups -OCH3 is 2. The third-order valence-corrected chi connectivity index (χ3v) is 4.23. The van der Waals surface area contributed by atoms with Crippen molar-refractivity contribution < 1.29 is 9.47 Å². The number of nitrogens with zero attached hydrogens (tertiary/aromatic N) is 2. The van der Waals surface area contributed by atoms with Crippen molar-refractivity contribution in [1.82, 2.24) is 5.01 Å². The van der Waals surface area contributed by atoms with Gasteiger partial charge >= 0.3 is 0 Å². The van der Waals surface area contributed by atoms with Gasteiger partial charge in [0, 0.05) is 12.0 Å². The third-order valence-electron chi connectivity index (χ3n) is 4.04. The van der Waals surface area contributed by atoms with Crippen LogP contribution < -0.4 is 15.2 Å². The third kappa shape index (κ3) is 3.19. The van der Waals surface area contributed by atoms with Gasteiger partial charge in [-0.3, -0.25) is 0 Å². The quantitative estimate of drug-likeness (QED) is 0.866. The topological polar surface area (TPSA) is 60.1 Å². The van der Waals surface area contributed by atoms with E-state index in [4.69, 9.17) is 27.4 Å². The second kappa shape index (κ2) is 6.88. The van der Waals surface area contributed by atoms with Crippen LogP contribution >= 0.6 is 12.2 Å². The summed E-state index contributed by atoms with van der Waals surface area (Å²) in [5, 5.41) is 6.59. The molecule has 0 fully saturated rings. The summed E-state index contributed by atoms with van der Waals surface area (Å²) >= 11 is 5.18. The summed E-state index contributed by atoms with van der Waals surface area (Å²) in [4.78, 5) is 0. The van der Waals surface area contributed by atoms with Gasteiger partial charge in [-0.1, -0.05) is 24.3 Å². The number of thiocarbonyl (C=S) groups is 1. The minimum atomic E-state index is -0.0189. The molecule has 0 spiro atoms. The minimum Gasteiger partial charge on any atom is -0.497 e. The summed E-state index contributed by atoms with van der Waals surface area (Å²) in [6.07, 6.45) is 0.719. The maximum Gasteiger partial charge on any atom is 0.187 e. The van der Waals surface area contributed by atoms with Crippen molar-refractivity contribution in [3.05, 3.63) is 59.7 Å². The Labute approximate surface area is 146 Å². The number of benzene rings is 2. The Morgan fingerprint density at radius 1 is 1.12 bits per heavy atom. The molecule has 0 aromatic heterocycles. The van der Waals surface area contributed by atoms with Gasteiger partial charge in [-0.15, -0.1) is 0 Å². The summed E-state index contributed by atoms with van der Waals surface area (Å²) in [5.74, 6) is 1.61. The van der Waals surface area contributed by atoms with Crippen molar-refractivity contribution in [2.75, 3.05) is 14.2 Å². The molecule has 2 aromatic rings. The van der Waals surface area contributed by atoms with E-state index in [9.17, 15) is 0 Å². The van der Waals surface area contributed by atoms with Crippen LogP contribution in [-0.2, 0) is 0 Å². The van der Waals surface area contributed by atoms with Gasteiger partial charge in [0.05, 0.1) is 26.0 Å². The monoisotopic (exact) mass is 341 g/mol. The standard InChI is InChI=1S/C18H19N3O2S/c1-22-14-8-6-12(7-9-14)17-11-16(20-21(17)18(19)24)13-4-3-5-15(10-13)23-2/h3-10,17H,11H2,1-2H3,(H2,19,24). The second-order valence-electron chi connectivity index (χ2n) is 5.45. The molecule has 1 aliphatic heterocycles. The number of hydrogen-bond acceptors (Lipinski definition) is 4. The van der Waals surface area contributed by atoms with Gasteiger partial charge in [-0.05, 0) is 42.0 Å². The normalized spacial score (nSPS) is 16.7. The van der Waals surface area contributed by atoms with Gasteiger partial charge in [-0.25, -0.2) is 5.01 Å². The number of ether oxygens (including phenoxy) is 2. The fraction of sp³-hybridized carbons (Fsp3) is 0.222. The van der Waals surface area contributed by atoms with Crippen LogP contribution in [-0.4, -0.2) is 30.1 Å². The Balaban J connectivity index is 1.91. The zero-order chi connectivity index (χ0) is 17.1. The summed E-state index contributed by atoms with van der Waals surface area (Å²) < 4.78 is 10.5. The van der Waals surface area contributed by atoms with Crippen LogP contribution in [0, 0.1) is 0 Å². The number of hydrazone groups is 1. The van der Waals surface area contributed by atoms with Crippen LogP contribution in [0.4, 0.5) is 0 Å². The average Bonchev–Trinajstić information content (AvgIpc) is 3.07. The zero-order valence-electron chi connectivity index (χ0n) is 13.6. The SMILES string of the molecule is COc1ccc(C2CC(c3cccc(OC)c3)=NN2C(N)=S)cc1. The first kappa shape index (κ1) is 16.3. The van der Waals surface area contributed by atoms with Gasteiger partial charge in [0.25, 0.3) is 0 Å². The van der Waals surface area contributed by atoms with Crippen molar-refractivity contribution >= 4 is 23.0 Å². The highest BCUT2D eigenvalue weighted by Crippen LogP contribution is 2.33. The van der Waals surface area contributed by atoms with Gasteiger partial charge < -0.3 is 15.2 Å². The van der Waals surface area contributed by atoms with Crippen molar-refractivity contribution in [1.29, 1.82) is 0 Å². The molecule has 1 heterocycles. The van der Waals surface area contributed by atoms with Crippen LogP contribution in [0.1, 0.15) is 23.6 Å². The first-order valence-corrected chi connectivity index (χ1v) is 7.97. The van der Waals surface area contributed by atoms with E-state index >= 15 is 0 Å². The van der Waals surface area contributed by atoms with E-state index in [-0.39, 0.29) is 11.2 Å². The maximum absolute atomic E-state index is 5.88. The molecule has 3 rings (SSSR count). The fourth-order valence-electron chi connectivity index (χ4n) is 2.78. The molecule has 0 saturated carbocycles. The molecule has 5 nitrogen and oxygen atoms in total. The molecule has 0 saturated heterocycles. The molecule has 6 heteroatoms. The lowest BCUT2D eigenvalue weighted by molar-refractivity contribution is 0.371. The van der Waals surface area contributed by atoms with Crippen LogP contribution in [0.25, 0.3) is 0 Å². The van der Waals surface area contributed by atoms with Crippen LogP contribution in [0.3, 0.4) is 0 Å². The predicted octanol–water partition coefficient (Wildman–Crippen LogP) is 3.10. The van der Waals surface area contributed by atoms with E-state index in [0.29, 0.717) is 0 Å². The Bertz CT molecular complexity index is 774. The van der Waals surface area contributed by atoms with Gasteiger partial charge in [-0.2, -0.15) is 5.10 Å². The van der Waals surface area contributed by atoms with E-state index in [1.807, 2.05) is 48.5 Å². The minimum absolute atomic E-state index is 0.0189. The van der Waals surface area contributed by atoms with E-state index in [1.165, 1.54) is 0 Å². The summed E-state index contributed by atoms with van der Waals surface area (Å²) in [6.45, 7) is 0. The second-order valence-corrected chi connectivity index (χ2v) is 5.87. The van der Waals surface area contributed by atoms with Crippen LogP contribution in [0.5, 0.6) is 11.5 Å². The molecule has 0 radical (unpaired) electrons. The predicted molar refractivity (Wildman–Crippen MR) is 98.5 cm³/mol. The highest BCUT2D eigenvalue weighted by atomic mass is 32.1. The molecule has 24 heavy (non-hydrogen) atoms. The molecule has 0 bridgehead atoms. The Morgan fingerprint density at radius 2 is 1.83 bits per heavy atom. The summed E-state index contributed by atoms with van der Waals surface area (Å²) in [6, 6.07) is 15.7. The van der Waals surface area contributed by atoms with Crippen molar-refractivity contribution in [3.63, 3.8) is 0 Å². The molecular weight excluding hydrogens is 322 g/mol. The molecule has 1 atom stereocenters. The van der Waals surface area contributed by atoms with Gasteiger partial charge in [0.2, 0.25) is 0 Å². The van der Waals surface area contributed by atoms with E-state index in [2.05, 4.69) is 5.10 Å². The highest BCUT2D eigenvalue weighted by molar-refractivity contribution is 7.80. The van der Waals surface area contributed by atoms with E-state index in [0.717, 1.165) is 34.8 Å². The van der Waals surface area contributed by atoms with Crippen molar-refractivity contribution in [2.24, 2.45) is 10.8 Å². The van der Waals surface area contributed by atoms with E-state index in [1.54, 1.807) is 19.2 Å². The molecule has 0 aliphatic carbocycles. The maximum atomic E-state index is 5.88. The van der Waals surface area contributed by atoms with Crippen molar-refractivity contribution in [3.8, 4) is 11.5 Å². The fourth-order valence-corrected chi connectivity index (χ4v) is 2.94. The summed E-state index contributed by atoms with van der Waals surface area (Å²) in [5.41, 5.74) is 8.91. The largest absolute Gasteiger partial charge is 0.497 e. The average molecular weight is 341 g/mol. The number of hydrogen-bond donors (Lipinski definition) is 1.